The Bertz CT molecular complexity index is 876. The second-order valence-electron chi connectivity index (χ2n) is 9.44. The molecule has 2 amide bonds. The van der Waals surface area contributed by atoms with E-state index in [1.165, 1.54) is 18.4 Å². The highest BCUT2D eigenvalue weighted by Crippen LogP contribution is 2.23. The van der Waals surface area contributed by atoms with Gasteiger partial charge in [-0.3, -0.25) is 4.90 Å². The van der Waals surface area contributed by atoms with Gasteiger partial charge in [0.2, 0.25) is 5.95 Å². The zero-order valence-corrected chi connectivity index (χ0v) is 20.4. The van der Waals surface area contributed by atoms with E-state index in [0.29, 0.717) is 30.0 Å². The van der Waals surface area contributed by atoms with E-state index in [1.807, 2.05) is 4.90 Å². The van der Waals surface area contributed by atoms with Gasteiger partial charge in [0.15, 0.2) is 0 Å². The highest BCUT2D eigenvalue weighted by molar-refractivity contribution is 6.30. The molecule has 1 N–H and O–H groups in total. The normalized spacial score (nSPS) is 22.4. The van der Waals surface area contributed by atoms with Crippen molar-refractivity contribution in [3.8, 4) is 0 Å². The molecule has 1 aromatic heterocycles. The molecule has 178 valence electrons. The van der Waals surface area contributed by atoms with E-state index < -0.39 is 0 Å². The number of carbonyl (C=O) groups is 1. The molecule has 33 heavy (non-hydrogen) atoms. The summed E-state index contributed by atoms with van der Waals surface area (Å²) in [7, 11) is 0. The number of hydrogen-bond acceptors (Lipinski definition) is 5. The van der Waals surface area contributed by atoms with Crippen LogP contribution in [0.2, 0.25) is 5.02 Å². The maximum absolute atomic E-state index is 12.9. The summed E-state index contributed by atoms with van der Waals surface area (Å²) in [5.74, 6) is 1.35. The summed E-state index contributed by atoms with van der Waals surface area (Å²) in [6.07, 6.45) is 6.69. The fraction of sp³-hybridized carbons (Fsp3) is 0.560. The summed E-state index contributed by atoms with van der Waals surface area (Å²) in [6, 6.07) is 10.9. The molecule has 0 unspecified atom stereocenters. The molecular weight excluding hydrogens is 436 g/mol. The van der Waals surface area contributed by atoms with Crippen molar-refractivity contribution >= 4 is 23.6 Å². The van der Waals surface area contributed by atoms with Crippen LogP contribution in [-0.2, 0) is 6.54 Å². The number of nitrogens with one attached hydrogen (secondary N) is 1. The predicted octanol–water partition coefficient (Wildman–Crippen LogP) is 4.04. The number of rotatable bonds is 6. The minimum Gasteiger partial charge on any atom is -0.338 e. The van der Waals surface area contributed by atoms with Gasteiger partial charge in [0.25, 0.3) is 0 Å². The van der Waals surface area contributed by atoms with Crippen molar-refractivity contribution in [1.29, 1.82) is 0 Å². The summed E-state index contributed by atoms with van der Waals surface area (Å²) >= 11 is 5.91. The Morgan fingerprint density at radius 3 is 2.33 bits per heavy atom. The van der Waals surface area contributed by atoms with Crippen LogP contribution < -0.4 is 10.2 Å². The van der Waals surface area contributed by atoms with Gasteiger partial charge < -0.3 is 15.1 Å². The molecule has 4 rings (SSSR count). The second kappa shape index (κ2) is 11.2. The molecule has 1 aromatic carbocycles. The third kappa shape index (κ3) is 6.36. The largest absolute Gasteiger partial charge is 0.338 e. The van der Waals surface area contributed by atoms with Gasteiger partial charge in [-0.2, -0.15) is 0 Å². The smallest absolute Gasteiger partial charge is 0.318 e. The molecule has 2 aliphatic rings. The fourth-order valence-electron chi connectivity index (χ4n) is 5.10. The lowest BCUT2D eigenvalue weighted by Gasteiger charge is -2.44. The number of urea groups is 1. The Labute approximate surface area is 202 Å². The lowest BCUT2D eigenvalue weighted by Crippen LogP contribution is -2.61. The van der Waals surface area contributed by atoms with Crippen LogP contribution in [0.1, 0.15) is 38.7 Å². The highest BCUT2D eigenvalue weighted by atomic mass is 35.5. The van der Waals surface area contributed by atoms with E-state index >= 15 is 0 Å². The molecule has 7 nitrogen and oxygen atoms in total. The SMILES string of the molecule is C[C@@H]1CN(c2ncc(Cl)cn2)C[C@H](C)N1C(=O)NCCC1CCN(Cc2ccccc2)CC1. The number of aromatic nitrogens is 2. The number of amides is 2. The minimum absolute atomic E-state index is 0.0354. The van der Waals surface area contributed by atoms with Crippen molar-refractivity contribution in [2.75, 3.05) is 37.6 Å². The molecule has 2 atom stereocenters. The van der Waals surface area contributed by atoms with Gasteiger partial charge in [-0.15, -0.1) is 0 Å². The van der Waals surface area contributed by atoms with Gasteiger partial charge in [-0.05, 0) is 57.7 Å². The Kier molecular flexibility index (Phi) is 8.04. The lowest BCUT2D eigenvalue weighted by molar-refractivity contribution is 0.139. The summed E-state index contributed by atoms with van der Waals surface area (Å²) in [6.45, 7) is 9.63. The van der Waals surface area contributed by atoms with Crippen LogP contribution in [0.5, 0.6) is 0 Å². The van der Waals surface area contributed by atoms with Crippen LogP contribution in [0.3, 0.4) is 0 Å². The fourth-order valence-corrected chi connectivity index (χ4v) is 5.20. The third-order valence-corrected chi connectivity index (χ3v) is 7.02. The van der Waals surface area contributed by atoms with Crippen molar-refractivity contribution < 1.29 is 4.79 Å². The van der Waals surface area contributed by atoms with Crippen LogP contribution in [0.25, 0.3) is 0 Å². The summed E-state index contributed by atoms with van der Waals surface area (Å²) in [5.41, 5.74) is 1.38. The average molecular weight is 471 g/mol. The number of halogens is 1. The number of benzene rings is 1. The van der Waals surface area contributed by atoms with E-state index in [4.69, 9.17) is 11.6 Å². The molecule has 0 radical (unpaired) electrons. The Balaban J connectivity index is 1.18. The number of anilines is 1. The van der Waals surface area contributed by atoms with Crippen LogP contribution >= 0.6 is 11.6 Å². The first-order valence-electron chi connectivity index (χ1n) is 12.0. The Morgan fingerprint density at radius 2 is 1.70 bits per heavy atom. The van der Waals surface area contributed by atoms with Crippen molar-refractivity contribution in [3.05, 3.63) is 53.3 Å². The molecule has 8 heteroatoms. The predicted molar refractivity (Wildman–Crippen MR) is 132 cm³/mol. The van der Waals surface area contributed by atoms with Gasteiger partial charge in [0.05, 0.1) is 17.4 Å². The molecule has 0 saturated carbocycles. The standard InChI is InChI=1S/C25H35ClN6O/c1-19-16-31(24-28-14-23(26)15-29-24)17-20(2)32(19)25(33)27-11-8-21-9-12-30(13-10-21)18-22-6-4-3-5-7-22/h3-7,14-15,19-21H,8-13,16-18H2,1-2H3,(H,27,33)/t19-,20+. The zero-order chi connectivity index (χ0) is 23.2. The van der Waals surface area contributed by atoms with Gasteiger partial charge in [-0.1, -0.05) is 41.9 Å². The molecule has 3 heterocycles. The van der Waals surface area contributed by atoms with Crippen LogP contribution in [0.4, 0.5) is 10.7 Å². The first kappa shape index (κ1) is 23.8. The third-order valence-electron chi connectivity index (χ3n) is 6.83. The Morgan fingerprint density at radius 1 is 1.06 bits per heavy atom. The van der Waals surface area contributed by atoms with Gasteiger partial charge in [-0.25, -0.2) is 14.8 Å². The van der Waals surface area contributed by atoms with Gasteiger partial charge >= 0.3 is 6.03 Å². The molecule has 2 fully saturated rings. The van der Waals surface area contributed by atoms with E-state index in [0.717, 1.165) is 32.6 Å². The maximum atomic E-state index is 12.9. The van der Waals surface area contributed by atoms with Crippen molar-refractivity contribution in [1.82, 2.24) is 25.1 Å². The van der Waals surface area contributed by atoms with Crippen LogP contribution in [0, 0.1) is 5.92 Å². The molecule has 2 aliphatic heterocycles. The maximum Gasteiger partial charge on any atom is 0.318 e. The first-order chi connectivity index (χ1) is 16.0. The lowest BCUT2D eigenvalue weighted by atomic mass is 9.93. The number of nitrogens with zero attached hydrogens (tertiary/aromatic N) is 5. The van der Waals surface area contributed by atoms with Crippen molar-refractivity contribution in [2.24, 2.45) is 5.92 Å². The Hall–Kier alpha value is -2.38. The van der Waals surface area contributed by atoms with Crippen molar-refractivity contribution in [2.45, 2.75) is 51.7 Å². The monoisotopic (exact) mass is 470 g/mol. The molecule has 2 aromatic rings. The molecule has 0 bridgehead atoms. The quantitative estimate of drug-likeness (QED) is 0.690. The average Bonchev–Trinajstić information content (AvgIpc) is 2.81. The first-order valence-corrected chi connectivity index (χ1v) is 12.4. The number of likely N-dealkylation sites (tertiary alicyclic amines) is 1. The van der Waals surface area contributed by atoms with Crippen molar-refractivity contribution in [3.63, 3.8) is 0 Å². The second-order valence-corrected chi connectivity index (χ2v) is 9.87. The van der Waals surface area contributed by atoms with E-state index in [1.54, 1.807) is 12.4 Å². The molecule has 2 saturated heterocycles. The summed E-state index contributed by atoms with van der Waals surface area (Å²) in [4.78, 5) is 28.2. The van der Waals surface area contributed by atoms with E-state index in [-0.39, 0.29) is 18.1 Å². The molecule has 0 spiro atoms. The van der Waals surface area contributed by atoms with E-state index in [9.17, 15) is 4.79 Å². The minimum atomic E-state index is 0.0354. The molecular formula is C25H35ClN6O. The number of carbonyl (C=O) groups excluding carboxylic acids is 1. The highest BCUT2D eigenvalue weighted by Gasteiger charge is 2.33. The molecule has 0 aliphatic carbocycles. The number of piperazine rings is 1. The number of hydrogen-bond donors (Lipinski definition) is 1. The van der Waals surface area contributed by atoms with Crippen LogP contribution in [0.15, 0.2) is 42.7 Å². The summed E-state index contributed by atoms with van der Waals surface area (Å²) < 4.78 is 0. The topological polar surface area (TPSA) is 64.6 Å². The summed E-state index contributed by atoms with van der Waals surface area (Å²) in [5, 5.41) is 3.71. The van der Waals surface area contributed by atoms with Crippen LogP contribution in [-0.4, -0.2) is 70.6 Å². The zero-order valence-electron chi connectivity index (χ0n) is 19.7. The van der Waals surface area contributed by atoms with Gasteiger partial charge in [0, 0.05) is 38.3 Å². The van der Waals surface area contributed by atoms with Gasteiger partial charge in [0.1, 0.15) is 0 Å². The number of piperidine rings is 1. The van der Waals surface area contributed by atoms with E-state index in [2.05, 4.69) is 69.3 Å².